The highest BCUT2D eigenvalue weighted by Gasteiger charge is 2.12. The summed E-state index contributed by atoms with van der Waals surface area (Å²) in [5.74, 6) is 1.22. The largest absolute Gasteiger partial charge is 0.497 e. The summed E-state index contributed by atoms with van der Waals surface area (Å²) in [5, 5.41) is 15.1. The van der Waals surface area contributed by atoms with Crippen LogP contribution in [0.1, 0.15) is 21.9 Å². The van der Waals surface area contributed by atoms with Gasteiger partial charge in [-0.05, 0) is 43.3 Å². The second kappa shape index (κ2) is 7.97. The van der Waals surface area contributed by atoms with Crippen molar-refractivity contribution in [3.8, 4) is 11.8 Å². The maximum Gasteiger partial charge on any atom is 0.274 e. The Morgan fingerprint density at radius 1 is 1.11 bits per heavy atom. The van der Waals surface area contributed by atoms with Crippen LogP contribution < -0.4 is 15.4 Å². The summed E-state index contributed by atoms with van der Waals surface area (Å²) < 4.78 is 5.10. The number of hydrogen-bond donors (Lipinski definition) is 2. The van der Waals surface area contributed by atoms with Gasteiger partial charge in [-0.2, -0.15) is 5.26 Å². The van der Waals surface area contributed by atoms with Crippen molar-refractivity contribution in [1.29, 1.82) is 5.26 Å². The van der Waals surface area contributed by atoms with E-state index in [9.17, 15) is 10.1 Å². The maximum absolute atomic E-state index is 12.5. The number of nitrogens with zero attached hydrogens (tertiary/aromatic N) is 3. The molecule has 27 heavy (non-hydrogen) atoms. The number of carbonyl (C=O) groups is 1. The summed E-state index contributed by atoms with van der Waals surface area (Å²) in [5.41, 5.74) is 1.94. The number of nitriles is 1. The molecule has 3 aromatic rings. The number of ether oxygens (including phenoxy) is 1. The van der Waals surface area contributed by atoms with Crippen molar-refractivity contribution < 1.29 is 9.53 Å². The van der Waals surface area contributed by atoms with Gasteiger partial charge >= 0.3 is 0 Å². The quantitative estimate of drug-likeness (QED) is 0.721. The van der Waals surface area contributed by atoms with Crippen LogP contribution >= 0.6 is 0 Å². The Morgan fingerprint density at radius 3 is 2.56 bits per heavy atom. The number of carbonyl (C=O) groups excluding carboxylic acids is 1. The number of rotatable bonds is 5. The van der Waals surface area contributed by atoms with Crippen LogP contribution in [0.15, 0.2) is 54.6 Å². The lowest BCUT2D eigenvalue weighted by Gasteiger charge is -2.10. The van der Waals surface area contributed by atoms with E-state index in [1.165, 1.54) is 0 Å². The normalized spacial score (nSPS) is 9.96. The standard InChI is InChI=1S/C20H17N5O2/c1-13-22-18(20(26)24-15-7-9-16(27-2)10-8-15)11-19(23-13)25-17-6-4-3-5-14(17)12-21/h3-11H,1-2H3,(H,24,26)(H,22,23,25). The monoisotopic (exact) mass is 359 g/mol. The molecule has 0 atom stereocenters. The molecule has 0 radical (unpaired) electrons. The molecule has 134 valence electrons. The van der Waals surface area contributed by atoms with Gasteiger partial charge < -0.3 is 15.4 Å². The lowest BCUT2D eigenvalue weighted by Crippen LogP contribution is -2.15. The Kier molecular flexibility index (Phi) is 5.28. The molecule has 2 aromatic carbocycles. The summed E-state index contributed by atoms with van der Waals surface area (Å²) >= 11 is 0. The Balaban J connectivity index is 1.81. The number of para-hydroxylation sites is 1. The zero-order chi connectivity index (χ0) is 19.2. The third-order valence-electron chi connectivity index (χ3n) is 3.73. The van der Waals surface area contributed by atoms with Crippen LogP contribution in [-0.4, -0.2) is 23.0 Å². The Hall–Kier alpha value is -3.92. The first-order chi connectivity index (χ1) is 13.1. The zero-order valence-corrected chi connectivity index (χ0v) is 14.9. The van der Waals surface area contributed by atoms with Gasteiger partial charge in [0.1, 0.15) is 29.2 Å². The number of hydrogen-bond acceptors (Lipinski definition) is 6. The van der Waals surface area contributed by atoms with Gasteiger partial charge in [-0.15, -0.1) is 0 Å². The molecule has 1 aromatic heterocycles. The number of aromatic nitrogens is 2. The fourth-order valence-corrected chi connectivity index (χ4v) is 2.45. The average molecular weight is 359 g/mol. The summed E-state index contributed by atoms with van der Waals surface area (Å²) in [6.07, 6.45) is 0. The highest BCUT2D eigenvalue weighted by Crippen LogP contribution is 2.20. The molecule has 2 N–H and O–H groups in total. The van der Waals surface area contributed by atoms with Gasteiger partial charge in [-0.3, -0.25) is 4.79 Å². The van der Waals surface area contributed by atoms with E-state index in [1.54, 1.807) is 62.6 Å². The summed E-state index contributed by atoms with van der Waals surface area (Å²) in [6.45, 7) is 1.70. The van der Waals surface area contributed by atoms with Crippen LogP contribution in [0.2, 0.25) is 0 Å². The number of benzene rings is 2. The van der Waals surface area contributed by atoms with Crippen molar-refractivity contribution in [1.82, 2.24) is 9.97 Å². The molecular formula is C20H17N5O2. The average Bonchev–Trinajstić information content (AvgIpc) is 2.68. The zero-order valence-electron chi connectivity index (χ0n) is 14.9. The molecule has 0 unspecified atom stereocenters. The van der Waals surface area contributed by atoms with Gasteiger partial charge in [-0.25, -0.2) is 9.97 Å². The molecule has 3 rings (SSSR count). The minimum atomic E-state index is -0.359. The number of aryl methyl sites for hydroxylation is 1. The van der Waals surface area contributed by atoms with Crippen molar-refractivity contribution in [3.05, 3.63) is 71.7 Å². The van der Waals surface area contributed by atoms with E-state index in [2.05, 4.69) is 26.7 Å². The Morgan fingerprint density at radius 2 is 1.85 bits per heavy atom. The van der Waals surface area contributed by atoms with Crippen LogP contribution in [-0.2, 0) is 0 Å². The van der Waals surface area contributed by atoms with Crippen LogP contribution in [0.5, 0.6) is 5.75 Å². The summed E-state index contributed by atoms with van der Waals surface area (Å²) in [6, 6.07) is 17.7. The van der Waals surface area contributed by atoms with E-state index in [4.69, 9.17) is 4.74 Å². The first-order valence-electron chi connectivity index (χ1n) is 8.16. The number of nitrogens with one attached hydrogen (secondary N) is 2. The van der Waals surface area contributed by atoms with Gasteiger partial charge in [0.15, 0.2) is 0 Å². The fraction of sp³-hybridized carbons (Fsp3) is 0.100. The number of anilines is 3. The molecule has 1 amide bonds. The van der Waals surface area contributed by atoms with Crippen molar-refractivity contribution in [2.45, 2.75) is 6.92 Å². The van der Waals surface area contributed by atoms with E-state index in [-0.39, 0.29) is 11.6 Å². The predicted octanol–water partition coefficient (Wildman–Crippen LogP) is 3.66. The summed E-state index contributed by atoms with van der Waals surface area (Å²) in [7, 11) is 1.58. The predicted molar refractivity (Wildman–Crippen MR) is 102 cm³/mol. The first-order valence-corrected chi connectivity index (χ1v) is 8.16. The second-order valence-corrected chi connectivity index (χ2v) is 5.65. The van der Waals surface area contributed by atoms with Gasteiger partial charge in [0, 0.05) is 11.8 Å². The van der Waals surface area contributed by atoms with E-state index >= 15 is 0 Å². The van der Waals surface area contributed by atoms with E-state index in [0.717, 1.165) is 0 Å². The minimum absolute atomic E-state index is 0.218. The van der Waals surface area contributed by atoms with Crippen LogP contribution in [0.25, 0.3) is 0 Å². The van der Waals surface area contributed by atoms with Gasteiger partial charge in [0.05, 0.1) is 18.4 Å². The lowest BCUT2D eigenvalue weighted by atomic mass is 10.2. The molecule has 0 aliphatic rings. The highest BCUT2D eigenvalue weighted by molar-refractivity contribution is 6.03. The van der Waals surface area contributed by atoms with E-state index < -0.39 is 0 Å². The third kappa shape index (κ3) is 4.38. The van der Waals surface area contributed by atoms with Crippen LogP contribution in [0.4, 0.5) is 17.2 Å². The fourth-order valence-electron chi connectivity index (χ4n) is 2.45. The molecule has 0 spiro atoms. The first kappa shape index (κ1) is 17.9. The molecule has 0 aliphatic heterocycles. The molecule has 0 aliphatic carbocycles. The molecule has 0 bridgehead atoms. The number of methoxy groups -OCH3 is 1. The van der Waals surface area contributed by atoms with Gasteiger partial charge in [0.2, 0.25) is 0 Å². The van der Waals surface area contributed by atoms with Crippen molar-refractivity contribution in [3.63, 3.8) is 0 Å². The minimum Gasteiger partial charge on any atom is -0.497 e. The van der Waals surface area contributed by atoms with Crippen molar-refractivity contribution >= 4 is 23.1 Å². The Labute approximate surface area is 156 Å². The van der Waals surface area contributed by atoms with Gasteiger partial charge in [0.25, 0.3) is 5.91 Å². The Bertz CT molecular complexity index is 1010. The molecule has 0 fully saturated rings. The van der Waals surface area contributed by atoms with E-state index in [0.29, 0.717) is 34.3 Å². The number of amides is 1. The lowest BCUT2D eigenvalue weighted by molar-refractivity contribution is 0.102. The molecule has 7 heteroatoms. The molecule has 0 saturated heterocycles. The molecule has 7 nitrogen and oxygen atoms in total. The third-order valence-corrected chi connectivity index (χ3v) is 3.73. The second-order valence-electron chi connectivity index (χ2n) is 5.65. The van der Waals surface area contributed by atoms with Crippen molar-refractivity contribution in [2.75, 3.05) is 17.7 Å². The van der Waals surface area contributed by atoms with Crippen molar-refractivity contribution in [2.24, 2.45) is 0 Å². The molecular weight excluding hydrogens is 342 g/mol. The SMILES string of the molecule is COc1ccc(NC(=O)c2cc(Nc3ccccc3C#N)nc(C)n2)cc1. The topological polar surface area (TPSA) is 99.9 Å². The smallest absolute Gasteiger partial charge is 0.274 e. The molecule has 0 saturated carbocycles. The van der Waals surface area contributed by atoms with Crippen LogP contribution in [0.3, 0.4) is 0 Å². The highest BCUT2D eigenvalue weighted by atomic mass is 16.5. The molecule has 1 heterocycles. The maximum atomic E-state index is 12.5. The summed E-state index contributed by atoms with van der Waals surface area (Å²) in [4.78, 5) is 21.0. The van der Waals surface area contributed by atoms with Gasteiger partial charge in [-0.1, -0.05) is 12.1 Å². The van der Waals surface area contributed by atoms with Crippen LogP contribution in [0, 0.1) is 18.3 Å². The van der Waals surface area contributed by atoms with E-state index in [1.807, 2.05) is 6.07 Å².